The third-order valence-corrected chi connectivity index (χ3v) is 3.45. The van der Waals surface area contributed by atoms with Crippen molar-refractivity contribution >= 4 is 0 Å². The lowest BCUT2D eigenvalue weighted by atomic mass is 10.2. The smallest absolute Gasteiger partial charge is 0.131 e. The van der Waals surface area contributed by atoms with E-state index >= 15 is 0 Å². The molecule has 2 heterocycles. The fourth-order valence-electron chi connectivity index (χ4n) is 2.40. The zero-order valence-corrected chi connectivity index (χ0v) is 12.3. The maximum atomic E-state index is 4.70. The van der Waals surface area contributed by atoms with E-state index < -0.39 is 0 Å². The monoisotopic (exact) mass is 281 g/mol. The van der Waals surface area contributed by atoms with E-state index in [4.69, 9.17) is 5.10 Å². The van der Waals surface area contributed by atoms with Crippen LogP contribution in [0.5, 0.6) is 0 Å². The summed E-state index contributed by atoms with van der Waals surface area (Å²) in [6.07, 6.45) is 5.75. The summed E-state index contributed by atoms with van der Waals surface area (Å²) in [5.74, 6) is 0.968. The van der Waals surface area contributed by atoms with Crippen molar-refractivity contribution < 1.29 is 0 Å². The number of hydrogen-bond donors (Lipinski definition) is 1. The van der Waals surface area contributed by atoms with Crippen LogP contribution < -0.4 is 5.32 Å². The van der Waals surface area contributed by atoms with Gasteiger partial charge in [0.25, 0.3) is 0 Å². The van der Waals surface area contributed by atoms with E-state index in [0.717, 1.165) is 23.8 Å². The summed E-state index contributed by atoms with van der Waals surface area (Å²) in [5.41, 5.74) is 2.02. The fourth-order valence-corrected chi connectivity index (χ4v) is 2.40. The molecular weight excluding hydrogens is 262 g/mol. The Kier molecular flexibility index (Phi) is 3.83. The van der Waals surface area contributed by atoms with Gasteiger partial charge in [-0.1, -0.05) is 25.1 Å². The SMILES string of the molecule is CCNC(c1ccn(-c2ccccc2)n1)c1nccn1C. The van der Waals surface area contributed by atoms with Crippen LogP contribution >= 0.6 is 0 Å². The molecule has 1 aromatic carbocycles. The summed E-state index contributed by atoms with van der Waals surface area (Å²) in [5, 5.41) is 8.15. The lowest BCUT2D eigenvalue weighted by Crippen LogP contribution is -2.25. The molecule has 0 amide bonds. The van der Waals surface area contributed by atoms with Gasteiger partial charge in [0.05, 0.1) is 11.4 Å². The minimum Gasteiger partial charge on any atom is -0.336 e. The van der Waals surface area contributed by atoms with Gasteiger partial charge >= 0.3 is 0 Å². The van der Waals surface area contributed by atoms with Crippen LogP contribution in [0.15, 0.2) is 55.0 Å². The van der Waals surface area contributed by atoms with Crippen molar-refractivity contribution in [1.29, 1.82) is 0 Å². The van der Waals surface area contributed by atoms with Crippen LogP contribution in [0.1, 0.15) is 24.5 Å². The summed E-state index contributed by atoms with van der Waals surface area (Å²) >= 11 is 0. The molecule has 108 valence electrons. The molecule has 0 bridgehead atoms. The zero-order valence-electron chi connectivity index (χ0n) is 12.3. The highest BCUT2D eigenvalue weighted by atomic mass is 15.3. The first-order valence-corrected chi connectivity index (χ1v) is 7.11. The number of aromatic nitrogens is 4. The van der Waals surface area contributed by atoms with E-state index in [9.17, 15) is 0 Å². The first kappa shape index (κ1) is 13.6. The van der Waals surface area contributed by atoms with Crippen molar-refractivity contribution in [3.05, 3.63) is 66.5 Å². The van der Waals surface area contributed by atoms with Gasteiger partial charge in [-0.05, 0) is 24.7 Å². The van der Waals surface area contributed by atoms with Crippen LogP contribution in [-0.4, -0.2) is 25.9 Å². The van der Waals surface area contributed by atoms with E-state index in [2.05, 4.69) is 17.2 Å². The molecule has 0 saturated heterocycles. The molecule has 0 radical (unpaired) electrons. The van der Waals surface area contributed by atoms with E-state index in [1.807, 2.05) is 71.3 Å². The fraction of sp³-hybridized carbons (Fsp3) is 0.250. The average Bonchev–Trinajstić information content (AvgIpc) is 3.15. The van der Waals surface area contributed by atoms with Gasteiger partial charge in [0.1, 0.15) is 11.9 Å². The minimum absolute atomic E-state index is 0.0000350. The molecule has 21 heavy (non-hydrogen) atoms. The molecule has 1 atom stereocenters. The summed E-state index contributed by atoms with van der Waals surface area (Å²) < 4.78 is 3.91. The summed E-state index contributed by atoms with van der Waals surface area (Å²) in [6, 6.07) is 12.1. The first-order chi connectivity index (χ1) is 10.3. The molecule has 1 unspecified atom stereocenters. The number of nitrogens with zero attached hydrogens (tertiary/aromatic N) is 4. The summed E-state index contributed by atoms with van der Waals surface area (Å²) in [7, 11) is 2.00. The second kappa shape index (κ2) is 5.93. The predicted molar refractivity (Wildman–Crippen MR) is 82.3 cm³/mol. The molecule has 0 aliphatic carbocycles. The Labute approximate surface area is 124 Å². The number of imidazole rings is 1. The average molecular weight is 281 g/mol. The second-order valence-corrected chi connectivity index (χ2v) is 4.91. The summed E-state index contributed by atoms with van der Waals surface area (Å²) in [4.78, 5) is 4.44. The molecule has 0 aliphatic rings. The molecule has 3 rings (SSSR count). The number of rotatable bonds is 5. The molecule has 5 nitrogen and oxygen atoms in total. The number of hydrogen-bond acceptors (Lipinski definition) is 3. The van der Waals surface area contributed by atoms with Crippen LogP contribution in [-0.2, 0) is 7.05 Å². The van der Waals surface area contributed by atoms with Gasteiger partial charge < -0.3 is 9.88 Å². The number of aryl methyl sites for hydroxylation is 1. The van der Waals surface area contributed by atoms with Crippen molar-refractivity contribution in [3.8, 4) is 5.69 Å². The molecule has 0 fully saturated rings. The van der Waals surface area contributed by atoms with Crippen LogP contribution in [0.25, 0.3) is 5.69 Å². The summed E-state index contributed by atoms with van der Waals surface area (Å²) in [6.45, 7) is 2.94. The van der Waals surface area contributed by atoms with E-state index in [-0.39, 0.29) is 6.04 Å². The molecule has 0 saturated carbocycles. The molecule has 0 aliphatic heterocycles. The van der Waals surface area contributed by atoms with Gasteiger partial charge in [-0.25, -0.2) is 9.67 Å². The highest BCUT2D eigenvalue weighted by Gasteiger charge is 2.19. The number of para-hydroxylation sites is 1. The topological polar surface area (TPSA) is 47.7 Å². The van der Waals surface area contributed by atoms with Crippen molar-refractivity contribution in [1.82, 2.24) is 24.6 Å². The maximum absolute atomic E-state index is 4.70. The van der Waals surface area contributed by atoms with Crippen LogP contribution in [0.3, 0.4) is 0 Å². The lowest BCUT2D eigenvalue weighted by molar-refractivity contribution is 0.560. The molecule has 1 N–H and O–H groups in total. The van der Waals surface area contributed by atoms with E-state index in [1.165, 1.54) is 0 Å². The van der Waals surface area contributed by atoms with Gasteiger partial charge in [0.2, 0.25) is 0 Å². The van der Waals surface area contributed by atoms with E-state index in [0.29, 0.717) is 0 Å². The van der Waals surface area contributed by atoms with Gasteiger partial charge in [-0.3, -0.25) is 0 Å². The van der Waals surface area contributed by atoms with Gasteiger partial charge in [-0.15, -0.1) is 0 Å². The molecule has 5 heteroatoms. The van der Waals surface area contributed by atoms with Gasteiger partial charge in [-0.2, -0.15) is 5.10 Å². The standard InChI is InChI=1S/C16H19N5/c1-3-17-15(16-18-10-12-20(16)2)14-9-11-21(19-14)13-7-5-4-6-8-13/h4-12,15,17H,3H2,1-2H3. The van der Waals surface area contributed by atoms with Crippen LogP contribution in [0.4, 0.5) is 0 Å². The highest BCUT2D eigenvalue weighted by molar-refractivity contribution is 5.31. The predicted octanol–water partition coefficient (Wildman–Crippen LogP) is 2.30. The van der Waals surface area contributed by atoms with Gasteiger partial charge in [0.15, 0.2) is 0 Å². The van der Waals surface area contributed by atoms with Crippen molar-refractivity contribution in [3.63, 3.8) is 0 Å². The van der Waals surface area contributed by atoms with Crippen molar-refractivity contribution in [2.24, 2.45) is 7.05 Å². The van der Waals surface area contributed by atoms with Crippen molar-refractivity contribution in [2.75, 3.05) is 6.54 Å². The van der Waals surface area contributed by atoms with Crippen LogP contribution in [0.2, 0.25) is 0 Å². The minimum atomic E-state index is -0.0000350. The first-order valence-electron chi connectivity index (χ1n) is 7.11. The lowest BCUT2D eigenvalue weighted by Gasteiger charge is -2.15. The molecular formula is C16H19N5. The third kappa shape index (κ3) is 2.73. The van der Waals surface area contributed by atoms with Gasteiger partial charge in [0, 0.05) is 25.6 Å². The molecule has 2 aromatic heterocycles. The Morgan fingerprint density at radius 2 is 1.95 bits per heavy atom. The number of benzene rings is 1. The quantitative estimate of drug-likeness (QED) is 0.780. The zero-order chi connectivity index (χ0) is 14.7. The number of nitrogens with one attached hydrogen (secondary N) is 1. The second-order valence-electron chi connectivity index (χ2n) is 4.91. The normalized spacial score (nSPS) is 12.5. The van der Waals surface area contributed by atoms with E-state index in [1.54, 1.807) is 0 Å². The Hall–Kier alpha value is -2.40. The maximum Gasteiger partial charge on any atom is 0.131 e. The molecule has 3 aromatic rings. The Bertz CT molecular complexity index is 698. The Morgan fingerprint density at radius 3 is 2.62 bits per heavy atom. The highest BCUT2D eigenvalue weighted by Crippen LogP contribution is 2.19. The van der Waals surface area contributed by atoms with Crippen LogP contribution in [0, 0.1) is 0 Å². The molecule has 0 spiro atoms. The largest absolute Gasteiger partial charge is 0.336 e. The van der Waals surface area contributed by atoms with Crippen molar-refractivity contribution in [2.45, 2.75) is 13.0 Å². The third-order valence-electron chi connectivity index (χ3n) is 3.45. The Morgan fingerprint density at radius 1 is 1.14 bits per heavy atom. The Balaban J connectivity index is 1.95.